The minimum absolute atomic E-state index is 0.110. The van der Waals surface area contributed by atoms with Crippen molar-refractivity contribution in [3.8, 4) is 0 Å². The second kappa shape index (κ2) is 5.05. The number of rotatable bonds is 2. The van der Waals surface area contributed by atoms with E-state index in [1.54, 1.807) is 10.8 Å². The normalized spacial score (nSPS) is 15.3. The van der Waals surface area contributed by atoms with Crippen molar-refractivity contribution in [2.24, 2.45) is 0 Å². The summed E-state index contributed by atoms with van der Waals surface area (Å²) in [6.45, 7) is 1.97. The van der Waals surface area contributed by atoms with E-state index in [0.717, 1.165) is 41.6 Å². The maximum atomic E-state index is 12.2. The fourth-order valence-electron chi connectivity index (χ4n) is 2.37. The molecule has 1 aliphatic rings. The molecular weight excluding hydrogens is 328 g/mol. The van der Waals surface area contributed by atoms with Crippen LogP contribution in [0.1, 0.15) is 12.8 Å². The third-order valence-corrected chi connectivity index (χ3v) is 4.08. The van der Waals surface area contributed by atoms with E-state index in [2.05, 4.69) is 25.9 Å². The number of carbonyl (C=O) groups is 1. The fraction of sp³-hybridized carbons (Fsp3) is 0.417. The monoisotopic (exact) mass is 340 g/mol. The lowest BCUT2D eigenvalue weighted by Gasteiger charge is -2.15. The Kier molecular flexibility index (Phi) is 3.40. The summed E-state index contributed by atoms with van der Waals surface area (Å²) in [7, 11) is 0. The lowest BCUT2D eigenvalue weighted by molar-refractivity contribution is -0.130. The zero-order chi connectivity index (χ0) is 13.4. The Morgan fingerprint density at radius 1 is 1.47 bits per heavy atom. The summed E-state index contributed by atoms with van der Waals surface area (Å²) < 4.78 is 3.18. The summed E-state index contributed by atoms with van der Waals surface area (Å²) >= 11 is 8.64. The van der Waals surface area contributed by atoms with Crippen LogP contribution in [0.3, 0.4) is 0 Å². The SMILES string of the molecule is O=C(Cn1c(=S)[nH]c2cc(Br)cnc21)N1CCCC1. The lowest BCUT2D eigenvalue weighted by atomic mass is 10.4. The molecule has 0 spiro atoms. The first-order valence-corrected chi connectivity index (χ1v) is 7.37. The summed E-state index contributed by atoms with van der Waals surface area (Å²) in [6, 6.07) is 1.91. The van der Waals surface area contributed by atoms with Crippen LogP contribution in [-0.4, -0.2) is 38.4 Å². The summed E-state index contributed by atoms with van der Waals surface area (Å²) in [5, 5.41) is 0. The van der Waals surface area contributed by atoms with Crippen molar-refractivity contribution in [3.05, 3.63) is 21.5 Å². The molecule has 7 heteroatoms. The van der Waals surface area contributed by atoms with Gasteiger partial charge < -0.3 is 9.88 Å². The van der Waals surface area contributed by atoms with E-state index in [-0.39, 0.29) is 12.5 Å². The number of pyridine rings is 1. The smallest absolute Gasteiger partial charge is 0.242 e. The van der Waals surface area contributed by atoms with Crippen LogP contribution in [0.5, 0.6) is 0 Å². The van der Waals surface area contributed by atoms with Crippen LogP contribution in [0.25, 0.3) is 11.2 Å². The predicted octanol–water partition coefficient (Wildman–Crippen LogP) is 2.48. The van der Waals surface area contributed by atoms with E-state index in [1.165, 1.54) is 0 Å². The number of aromatic nitrogens is 3. The van der Waals surface area contributed by atoms with Gasteiger partial charge in [0.25, 0.3) is 0 Å². The summed E-state index contributed by atoms with van der Waals surface area (Å²) in [5.74, 6) is 0.110. The zero-order valence-electron chi connectivity index (χ0n) is 10.2. The van der Waals surface area contributed by atoms with Crippen molar-refractivity contribution in [1.29, 1.82) is 0 Å². The summed E-state index contributed by atoms with van der Waals surface area (Å²) in [6.07, 6.45) is 3.90. The maximum Gasteiger partial charge on any atom is 0.242 e. The Morgan fingerprint density at radius 3 is 2.95 bits per heavy atom. The quantitative estimate of drug-likeness (QED) is 0.854. The van der Waals surface area contributed by atoms with Crippen molar-refractivity contribution in [1.82, 2.24) is 19.4 Å². The first kappa shape index (κ1) is 12.8. The van der Waals surface area contributed by atoms with Gasteiger partial charge in [0.2, 0.25) is 5.91 Å². The van der Waals surface area contributed by atoms with E-state index in [0.29, 0.717) is 4.77 Å². The number of nitrogens with one attached hydrogen (secondary N) is 1. The molecule has 0 radical (unpaired) electrons. The molecule has 100 valence electrons. The van der Waals surface area contributed by atoms with Gasteiger partial charge in [-0.3, -0.25) is 9.36 Å². The molecule has 1 fully saturated rings. The van der Waals surface area contributed by atoms with Gasteiger partial charge in [-0.15, -0.1) is 0 Å². The number of nitrogens with zero attached hydrogens (tertiary/aromatic N) is 3. The second-order valence-electron chi connectivity index (χ2n) is 4.63. The molecule has 3 heterocycles. The molecule has 2 aromatic heterocycles. The molecule has 19 heavy (non-hydrogen) atoms. The Balaban J connectivity index is 1.94. The minimum atomic E-state index is 0.110. The second-order valence-corrected chi connectivity index (χ2v) is 5.93. The molecule has 1 aliphatic heterocycles. The van der Waals surface area contributed by atoms with Crippen LogP contribution < -0.4 is 0 Å². The number of halogens is 1. The highest BCUT2D eigenvalue weighted by molar-refractivity contribution is 9.10. The van der Waals surface area contributed by atoms with Crippen molar-refractivity contribution >= 4 is 45.2 Å². The number of aromatic amines is 1. The fourth-order valence-corrected chi connectivity index (χ4v) is 2.96. The number of fused-ring (bicyclic) bond motifs is 1. The molecule has 1 saturated heterocycles. The number of hydrogen-bond acceptors (Lipinski definition) is 3. The van der Waals surface area contributed by atoms with Crippen LogP contribution in [0.4, 0.5) is 0 Å². The van der Waals surface area contributed by atoms with Crippen LogP contribution in [0, 0.1) is 4.77 Å². The number of imidazole rings is 1. The van der Waals surface area contributed by atoms with Gasteiger partial charge in [0, 0.05) is 23.8 Å². The largest absolute Gasteiger partial charge is 0.341 e. The van der Waals surface area contributed by atoms with Crippen molar-refractivity contribution < 1.29 is 4.79 Å². The third-order valence-electron chi connectivity index (χ3n) is 3.33. The Hall–Kier alpha value is -1.21. The molecule has 0 atom stereocenters. The van der Waals surface area contributed by atoms with Gasteiger partial charge >= 0.3 is 0 Å². The van der Waals surface area contributed by atoms with Crippen LogP contribution in [-0.2, 0) is 11.3 Å². The summed E-state index contributed by atoms with van der Waals surface area (Å²) in [5.41, 5.74) is 1.56. The molecule has 0 unspecified atom stereocenters. The molecular formula is C12H13BrN4OS. The highest BCUT2D eigenvalue weighted by Gasteiger charge is 2.19. The number of amides is 1. The number of hydrogen-bond donors (Lipinski definition) is 1. The van der Waals surface area contributed by atoms with Gasteiger partial charge in [-0.25, -0.2) is 4.98 Å². The average Bonchev–Trinajstić information content (AvgIpc) is 2.98. The van der Waals surface area contributed by atoms with E-state index in [4.69, 9.17) is 12.2 Å². The molecule has 0 aliphatic carbocycles. The number of likely N-dealkylation sites (tertiary alicyclic amines) is 1. The Morgan fingerprint density at radius 2 is 2.21 bits per heavy atom. The van der Waals surface area contributed by atoms with Crippen molar-refractivity contribution in [2.75, 3.05) is 13.1 Å². The average molecular weight is 341 g/mol. The zero-order valence-corrected chi connectivity index (χ0v) is 12.6. The van der Waals surface area contributed by atoms with Crippen LogP contribution >= 0.6 is 28.1 Å². The van der Waals surface area contributed by atoms with Gasteiger partial charge in [-0.05, 0) is 47.1 Å². The Bertz CT molecular complexity index is 687. The topological polar surface area (TPSA) is 53.9 Å². The molecule has 3 rings (SSSR count). The minimum Gasteiger partial charge on any atom is -0.341 e. The molecule has 0 aromatic carbocycles. The molecule has 5 nitrogen and oxygen atoms in total. The van der Waals surface area contributed by atoms with Gasteiger partial charge in [-0.2, -0.15) is 0 Å². The van der Waals surface area contributed by atoms with E-state index in [9.17, 15) is 4.79 Å². The lowest BCUT2D eigenvalue weighted by Crippen LogP contribution is -2.31. The van der Waals surface area contributed by atoms with Crippen molar-refractivity contribution in [2.45, 2.75) is 19.4 Å². The van der Waals surface area contributed by atoms with E-state index < -0.39 is 0 Å². The third kappa shape index (κ3) is 2.44. The Labute approximate surface area is 123 Å². The predicted molar refractivity (Wildman–Crippen MR) is 78.4 cm³/mol. The molecule has 0 saturated carbocycles. The summed E-state index contributed by atoms with van der Waals surface area (Å²) in [4.78, 5) is 21.5. The van der Waals surface area contributed by atoms with Gasteiger partial charge in [0.1, 0.15) is 6.54 Å². The standard InChI is InChI=1S/C12H13BrN4OS/c13-8-5-9-11(14-6-8)17(12(19)15-9)7-10(18)16-3-1-2-4-16/h5-6H,1-4,7H2,(H,15,19). The first-order valence-electron chi connectivity index (χ1n) is 6.17. The number of carbonyl (C=O) groups excluding carboxylic acids is 1. The first-order chi connectivity index (χ1) is 9.15. The number of H-pyrrole nitrogens is 1. The highest BCUT2D eigenvalue weighted by Crippen LogP contribution is 2.17. The highest BCUT2D eigenvalue weighted by atomic mass is 79.9. The van der Waals surface area contributed by atoms with Gasteiger partial charge in [-0.1, -0.05) is 0 Å². The van der Waals surface area contributed by atoms with Gasteiger partial charge in [0.05, 0.1) is 5.52 Å². The molecule has 1 amide bonds. The van der Waals surface area contributed by atoms with Crippen LogP contribution in [0.2, 0.25) is 0 Å². The van der Waals surface area contributed by atoms with E-state index in [1.807, 2.05) is 11.0 Å². The van der Waals surface area contributed by atoms with Gasteiger partial charge in [0.15, 0.2) is 10.4 Å². The van der Waals surface area contributed by atoms with Crippen molar-refractivity contribution in [3.63, 3.8) is 0 Å². The maximum absolute atomic E-state index is 12.2. The molecule has 2 aromatic rings. The molecule has 0 bridgehead atoms. The van der Waals surface area contributed by atoms with E-state index >= 15 is 0 Å². The van der Waals surface area contributed by atoms with Crippen LogP contribution in [0.15, 0.2) is 16.7 Å². The molecule has 1 N–H and O–H groups in total.